The summed E-state index contributed by atoms with van der Waals surface area (Å²) in [6, 6.07) is 0. The molecule has 0 saturated carbocycles. The molecule has 0 bridgehead atoms. The first-order chi connectivity index (χ1) is 6.65. The molecule has 4 nitrogen and oxygen atoms in total. The number of carboxylic acids is 1. The average Bonchev–Trinajstić information content (AvgIpc) is 2.42. The van der Waals surface area contributed by atoms with Crippen LogP contribution in [0, 0.1) is 6.92 Å². The number of carbonyl (C=O) groups is 1. The molecule has 2 rings (SSSR count). The van der Waals surface area contributed by atoms with Crippen molar-refractivity contribution in [2.24, 2.45) is 0 Å². The lowest BCUT2D eigenvalue weighted by molar-refractivity contribution is -0.138. The zero-order valence-electron chi connectivity index (χ0n) is 7.99. The zero-order valence-corrected chi connectivity index (χ0v) is 8.80. The molecule has 0 atom stereocenters. The lowest BCUT2D eigenvalue weighted by Crippen LogP contribution is -2.34. The van der Waals surface area contributed by atoms with Crippen LogP contribution in [0.1, 0.15) is 15.6 Å². The maximum Gasteiger partial charge on any atom is 0.317 e. The molecule has 1 aliphatic heterocycles. The van der Waals surface area contributed by atoms with Gasteiger partial charge in [0.05, 0.1) is 17.2 Å². The fourth-order valence-corrected chi connectivity index (χ4v) is 2.73. The van der Waals surface area contributed by atoms with Crippen molar-refractivity contribution in [3.05, 3.63) is 15.6 Å². The van der Waals surface area contributed by atoms with E-state index in [1.807, 2.05) is 11.8 Å². The van der Waals surface area contributed by atoms with Crippen molar-refractivity contribution in [2.45, 2.75) is 19.9 Å². The Morgan fingerprint density at radius 3 is 3.21 bits per heavy atom. The Kier molecular flexibility index (Phi) is 2.52. The summed E-state index contributed by atoms with van der Waals surface area (Å²) >= 11 is 1.68. The molecule has 0 aliphatic carbocycles. The van der Waals surface area contributed by atoms with Crippen LogP contribution in [-0.2, 0) is 17.8 Å². The van der Waals surface area contributed by atoms with Gasteiger partial charge in [-0.05, 0) is 6.92 Å². The third kappa shape index (κ3) is 1.93. The summed E-state index contributed by atoms with van der Waals surface area (Å²) < 4.78 is 0. The van der Waals surface area contributed by atoms with Gasteiger partial charge < -0.3 is 5.11 Å². The summed E-state index contributed by atoms with van der Waals surface area (Å²) in [5.41, 5.74) is 1.16. The SMILES string of the molecule is Cc1nc2c(s1)CN(CC(=O)O)CC2. The Balaban J connectivity index is 2.09. The van der Waals surface area contributed by atoms with E-state index in [1.54, 1.807) is 11.3 Å². The highest BCUT2D eigenvalue weighted by Gasteiger charge is 2.20. The molecular formula is C9H12N2O2S. The first-order valence-electron chi connectivity index (χ1n) is 4.54. The van der Waals surface area contributed by atoms with Crippen LogP contribution >= 0.6 is 11.3 Å². The number of hydrogen-bond acceptors (Lipinski definition) is 4. The van der Waals surface area contributed by atoms with Crippen molar-refractivity contribution in [2.75, 3.05) is 13.1 Å². The number of fused-ring (bicyclic) bond motifs is 1. The van der Waals surface area contributed by atoms with Gasteiger partial charge in [-0.25, -0.2) is 4.98 Å². The van der Waals surface area contributed by atoms with Crippen molar-refractivity contribution in [1.29, 1.82) is 0 Å². The Labute approximate surface area is 86.2 Å². The van der Waals surface area contributed by atoms with Crippen molar-refractivity contribution in [3.8, 4) is 0 Å². The molecular weight excluding hydrogens is 200 g/mol. The molecule has 0 saturated heterocycles. The molecule has 76 valence electrons. The number of aromatic nitrogens is 1. The smallest absolute Gasteiger partial charge is 0.317 e. The second-order valence-corrected chi connectivity index (χ2v) is 4.74. The predicted octanol–water partition coefficient (Wildman–Crippen LogP) is 0.894. The number of aryl methyl sites for hydroxylation is 1. The van der Waals surface area contributed by atoms with E-state index in [4.69, 9.17) is 5.11 Å². The Morgan fingerprint density at radius 2 is 2.50 bits per heavy atom. The molecule has 1 N–H and O–H groups in total. The van der Waals surface area contributed by atoms with Gasteiger partial charge in [0.25, 0.3) is 0 Å². The molecule has 0 spiro atoms. The summed E-state index contributed by atoms with van der Waals surface area (Å²) in [6.45, 7) is 3.68. The minimum atomic E-state index is -0.755. The highest BCUT2D eigenvalue weighted by molar-refractivity contribution is 7.11. The van der Waals surface area contributed by atoms with Gasteiger partial charge in [-0.15, -0.1) is 11.3 Å². The fourth-order valence-electron chi connectivity index (χ4n) is 1.70. The van der Waals surface area contributed by atoms with Crippen LogP contribution in [0.3, 0.4) is 0 Å². The number of nitrogens with zero attached hydrogens (tertiary/aromatic N) is 2. The summed E-state index contributed by atoms with van der Waals surface area (Å²) in [5.74, 6) is -0.755. The monoisotopic (exact) mass is 212 g/mol. The van der Waals surface area contributed by atoms with Gasteiger partial charge in [-0.3, -0.25) is 9.69 Å². The third-order valence-electron chi connectivity index (χ3n) is 2.28. The third-order valence-corrected chi connectivity index (χ3v) is 3.27. The molecule has 1 aliphatic rings. The predicted molar refractivity (Wildman–Crippen MR) is 53.5 cm³/mol. The molecule has 0 amide bonds. The quantitative estimate of drug-likeness (QED) is 0.791. The molecule has 1 aromatic rings. The number of thiazole rings is 1. The maximum absolute atomic E-state index is 10.5. The largest absolute Gasteiger partial charge is 0.480 e. The number of hydrogen-bond donors (Lipinski definition) is 1. The van der Waals surface area contributed by atoms with E-state index in [2.05, 4.69) is 4.98 Å². The standard InChI is InChI=1S/C9H12N2O2S/c1-6-10-7-2-3-11(5-9(12)13)4-8(7)14-6/h2-5H2,1H3,(H,12,13). The Bertz CT molecular complexity index is 362. The van der Waals surface area contributed by atoms with Gasteiger partial charge in [-0.2, -0.15) is 0 Å². The second-order valence-electron chi connectivity index (χ2n) is 3.46. The Hall–Kier alpha value is -0.940. The van der Waals surface area contributed by atoms with E-state index < -0.39 is 5.97 Å². The van der Waals surface area contributed by atoms with E-state index in [1.165, 1.54) is 4.88 Å². The fraction of sp³-hybridized carbons (Fsp3) is 0.556. The highest BCUT2D eigenvalue weighted by Crippen LogP contribution is 2.24. The minimum absolute atomic E-state index is 0.135. The number of aliphatic carboxylic acids is 1. The van der Waals surface area contributed by atoms with Crippen molar-refractivity contribution < 1.29 is 9.90 Å². The summed E-state index contributed by atoms with van der Waals surface area (Å²) in [6.07, 6.45) is 0.882. The molecule has 5 heteroatoms. The van der Waals surface area contributed by atoms with Gasteiger partial charge in [0.2, 0.25) is 0 Å². The summed E-state index contributed by atoms with van der Waals surface area (Å²) in [5, 5.41) is 9.74. The molecule has 0 radical (unpaired) electrons. The van der Waals surface area contributed by atoms with Gasteiger partial charge in [-0.1, -0.05) is 0 Å². The Morgan fingerprint density at radius 1 is 1.71 bits per heavy atom. The number of carboxylic acid groups (broad SMARTS) is 1. The van der Waals surface area contributed by atoms with Crippen LogP contribution in [-0.4, -0.2) is 34.0 Å². The van der Waals surface area contributed by atoms with Crippen LogP contribution in [0.5, 0.6) is 0 Å². The van der Waals surface area contributed by atoms with Gasteiger partial charge in [0, 0.05) is 24.4 Å². The summed E-state index contributed by atoms with van der Waals surface area (Å²) in [7, 11) is 0. The first kappa shape index (κ1) is 9.61. The summed E-state index contributed by atoms with van der Waals surface area (Å²) in [4.78, 5) is 18.1. The topological polar surface area (TPSA) is 53.4 Å². The van der Waals surface area contributed by atoms with Crippen molar-refractivity contribution >= 4 is 17.3 Å². The molecule has 2 heterocycles. The van der Waals surface area contributed by atoms with Crippen LogP contribution < -0.4 is 0 Å². The maximum atomic E-state index is 10.5. The van der Waals surface area contributed by atoms with Gasteiger partial charge in [0.1, 0.15) is 0 Å². The van der Waals surface area contributed by atoms with E-state index in [0.717, 1.165) is 30.2 Å². The van der Waals surface area contributed by atoms with Crippen molar-refractivity contribution in [3.63, 3.8) is 0 Å². The molecule has 14 heavy (non-hydrogen) atoms. The van der Waals surface area contributed by atoms with E-state index in [9.17, 15) is 4.79 Å². The van der Waals surface area contributed by atoms with E-state index in [-0.39, 0.29) is 6.54 Å². The minimum Gasteiger partial charge on any atom is -0.480 e. The molecule has 0 fully saturated rings. The van der Waals surface area contributed by atoms with E-state index >= 15 is 0 Å². The van der Waals surface area contributed by atoms with Gasteiger partial charge >= 0.3 is 5.97 Å². The van der Waals surface area contributed by atoms with Gasteiger partial charge in [0.15, 0.2) is 0 Å². The van der Waals surface area contributed by atoms with Crippen LogP contribution in [0.4, 0.5) is 0 Å². The molecule has 0 unspecified atom stereocenters. The first-order valence-corrected chi connectivity index (χ1v) is 5.36. The number of rotatable bonds is 2. The zero-order chi connectivity index (χ0) is 10.1. The average molecular weight is 212 g/mol. The van der Waals surface area contributed by atoms with Crippen LogP contribution in [0.25, 0.3) is 0 Å². The van der Waals surface area contributed by atoms with Crippen LogP contribution in [0.15, 0.2) is 0 Å². The highest BCUT2D eigenvalue weighted by atomic mass is 32.1. The van der Waals surface area contributed by atoms with Crippen molar-refractivity contribution in [1.82, 2.24) is 9.88 Å². The molecule has 1 aromatic heterocycles. The lowest BCUT2D eigenvalue weighted by atomic mass is 10.2. The van der Waals surface area contributed by atoms with E-state index in [0.29, 0.717) is 0 Å². The molecule has 0 aromatic carbocycles. The normalized spacial score (nSPS) is 16.6. The second kappa shape index (κ2) is 3.67. The lowest BCUT2D eigenvalue weighted by Gasteiger charge is -2.23. The van der Waals surface area contributed by atoms with Crippen LogP contribution in [0.2, 0.25) is 0 Å².